The van der Waals surface area contributed by atoms with Crippen LogP contribution in [0.5, 0.6) is 0 Å². The van der Waals surface area contributed by atoms with E-state index in [0.717, 1.165) is 30.6 Å². The van der Waals surface area contributed by atoms with Crippen molar-refractivity contribution < 1.29 is 4.39 Å². The van der Waals surface area contributed by atoms with Gasteiger partial charge in [0.25, 0.3) is 0 Å². The molecule has 1 N–H and O–H groups in total. The van der Waals surface area contributed by atoms with Gasteiger partial charge in [-0.05, 0) is 62.4 Å². The summed E-state index contributed by atoms with van der Waals surface area (Å²) in [6, 6.07) is 19.1. The molecule has 0 aliphatic carbocycles. The molecule has 0 saturated carbocycles. The van der Waals surface area contributed by atoms with Gasteiger partial charge in [0.2, 0.25) is 5.96 Å². The Balaban J connectivity index is 1.63. The highest BCUT2D eigenvalue weighted by atomic mass is 19.1. The highest BCUT2D eigenvalue weighted by Gasteiger charge is 2.35. The van der Waals surface area contributed by atoms with E-state index in [-0.39, 0.29) is 17.8 Å². The lowest BCUT2D eigenvalue weighted by Gasteiger charge is -2.32. The molecular formula is C28H34FN5. The van der Waals surface area contributed by atoms with E-state index < -0.39 is 5.41 Å². The number of hydrogen-bond donors (Lipinski definition) is 1. The average Bonchev–Trinajstić information content (AvgIpc) is 2.83. The quantitative estimate of drug-likeness (QED) is 0.364. The van der Waals surface area contributed by atoms with Crippen LogP contribution in [-0.2, 0) is 5.41 Å². The first-order valence-corrected chi connectivity index (χ1v) is 11.8. The van der Waals surface area contributed by atoms with Gasteiger partial charge in [0, 0.05) is 43.1 Å². The second kappa shape index (κ2) is 11.5. The molecule has 1 aliphatic heterocycles. The number of benzene rings is 2. The summed E-state index contributed by atoms with van der Waals surface area (Å²) < 4.78 is 13.3. The van der Waals surface area contributed by atoms with Crippen LogP contribution >= 0.6 is 0 Å². The van der Waals surface area contributed by atoms with E-state index in [1.54, 1.807) is 12.1 Å². The second-order valence-corrected chi connectivity index (χ2v) is 9.13. The van der Waals surface area contributed by atoms with Crippen LogP contribution in [0.2, 0.25) is 0 Å². The van der Waals surface area contributed by atoms with Gasteiger partial charge in [-0.15, -0.1) is 0 Å². The van der Waals surface area contributed by atoms with Crippen molar-refractivity contribution in [2.24, 2.45) is 10.9 Å². The number of hydrogen-bond acceptors (Lipinski definition) is 3. The Morgan fingerprint density at radius 1 is 1.00 bits per heavy atom. The van der Waals surface area contributed by atoms with Crippen molar-refractivity contribution in [2.75, 3.05) is 11.9 Å². The van der Waals surface area contributed by atoms with Gasteiger partial charge >= 0.3 is 0 Å². The van der Waals surface area contributed by atoms with Gasteiger partial charge in [0.15, 0.2) is 0 Å². The van der Waals surface area contributed by atoms with Crippen LogP contribution in [0.4, 0.5) is 10.1 Å². The summed E-state index contributed by atoms with van der Waals surface area (Å²) in [5.41, 5.74) is 1.37. The SMILES string of the molecule is CC(C)N=C(Nc1ccc(F)cc1)N1C=CN(CCCC(C#N)(c2ccccc2)C(C)C)C=C1. The van der Waals surface area contributed by atoms with E-state index in [4.69, 9.17) is 0 Å². The van der Waals surface area contributed by atoms with Crippen LogP contribution in [0, 0.1) is 23.1 Å². The van der Waals surface area contributed by atoms with Crippen molar-refractivity contribution >= 4 is 11.6 Å². The van der Waals surface area contributed by atoms with Gasteiger partial charge in [-0.2, -0.15) is 5.26 Å². The van der Waals surface area contributed by atoms with Crippen molar-refractivity contribution in [1.29, 1.82) is 5.26 Å². The highest BCUT2D eigenvalue weighted by molar-refractivity contribution is 5.95. The fraction of sp³-hybridized carbons (Fsp3) is 0.357. The van der Waals surface area contributed by atoms with E-state index in [2.05, 4.69) is 47.3 Å². The molecule has 0 spiro atoms. The second-order valence-electron chi connectivity index (χ2n) is 9.13. The van der Waals surface area contributed by atoms with Gasteiger partial charge in [0.1, 0.15) is 5.82 Å². The molecule has 178 valence electrons. The summed E-state index contributed by atoms with van der Waals surface area (Å²) in [4.78, 5) is 8.72. The van der Waals surface area contributed by atoms with E-state index >= 15 is 0 Å². The summed E-state index contributed by atoms with van der Waals surface area (Å²) >= 11 is 0. The Hall–Kier alpha value is -3.59. The predicted octanol–water partition coefficient (Wildman–Crippen LogP) is 6.46. The summed E-state index contributed by atoms with van der Waals surface area (Å²) in [6.07, 6.45) is 9.60. The maximum absolute atomic E-state index is 13.3. The topological polar surface area (TPSA) is 54.7 Å². The van der Waals surface area contributed by atoms with Gasteiger partial charge in [0.05, 0.1) is 11.5 Å². The van der Waals surface area contributed by atoms with Crippen molar-refractivity contribution in [3.8, 4) is 6.07 Å². The normalized spacial score (nSPS) is 15.5. The maximum atomic E-state index is 13.3. The van der Waals surface area contributed by atoms with Crippen molar-refractivity contribution in [2.45, 2.75) is 52.0 Å². The number of guanidine groups is 1. The molecule has 3 rings (SSSR count). The van der Waals surface area contributed by atoms with Crippen molar-refractivity contribution in [3.05, 3.63) is 90.8 Å². The van der Waals surface area contributed by atoms with Gasteiger partial charge in [-0.3, -0.25) is 4.90 Å². The Bertz CT molecular complexity index is 1040. The summed E-state index contributed by atoms with van der Waals surface area (Å²) in [7, 11) is 0. The molecule has 34 heavy (non-hydrogen) atoms. The first-order chi connectivity index (χ1) is 16.3. The van der Waals surface area contributed by atoms with E-state index in [1.165, 1.54) is 12.1 Å². The monoisotopic (exact) mass is 459 g/mol. The summed E-state index contributed by atoms with van der Waals surface area (Å²) in [6.45, 7) is 9.08. The molecule has 0 fully saturated rings. The number of anilines is 1. The molecular weight excluding hydrogens is 425 g/mol. The zero-order valence-electron chi connectivity index (χ0n) is 20.4. The molecule has 2 aromatic carbocycles. The lowest BCUT2D eigenvalue weighted by atomic mass is 9.70. The third kappa shape index (κ3) is 6.26. The molecule has 0 bridgehead atoms. The van der Waals surface area contributed by atoms with Gasteiger partial charge in [-0.1, -0.05) is 44.2 Å². The third-order valence-corrected chi connectivity index (χ3v) is 6.02. The van der Waals surface area contributed by atoms with Gasteiger partial charge < -0.3 is 10.2 Å². The minimum atomic E-state index is -0.493. The molecule has 0 radical (unpaired) electrons. The molecule has 6 heteroatoms. The van der Waals surface area contributed by atoms with Crippen LogP contribution in [0.25, 0.3) is 0 Å². The highest BCUT2D eigenvalue weighted by Crippen LogP contribution is 2.36. The summed E-state index contributed by atoms with van der Waals surface area (Å²) in [5, 5.41) is 13.4. The van der Waals surface area contributed by atoms with Crippen LogP contribution in [0.15, 0.2) is 84.4 Å². The lowest BCUT2D eigenvalue weighted by Crippen LogP contribution is -2.33. The molecule has 1 aliphatic rings. The van der Waals surface area contributed by atoms with E-state index in [9.17, 15) is 9.65 Å². The Labute approximate surface area is 202 Å². The zero-order valence-corrected chi connectivity index (χ0v) is 20.4. The third-order valence-electron chi connectivity index (χ3n) is 6.02. The number of nitrogens with one attached hydrogen (secondary N) is 1. The van der Waals surface area contributed by atoms with Crippen LogP contribution in [0.1, 0.15) is 46.1 Å². The molecule has 5 nitrogen and oxygen atoms in total. The van der Waals surface area contributed by atoms with Gasteiger partial charge in [-0.25, -0.2) is 9.38 Å². The fourth-order valence-corrected chi connectivity index (χ4v) is 4.07. The Morgan fingerprint density at radius 3 is 2.21 bits per heavy atom. The molecule has 0 saturated heterocycles. The Morgan fingerprint density at radius 2 is 1.65 bits per heavy atom. The number of aliphatic imine (C=N–C) groups is 1. The van der Waals surface area contributed by atoms with Crippen LogP contribution in [-0.4, -0.2) is 28.3 Å². The van der Waals surface area contributed by atoms with Crippen molar-refractivity contribution in [1.82, 2.24) is 9.80 Å². The van der Waals surface area contributed by atoms with Crippen molar-refractivity contribution in [3.63, 3.8) is 0 Å². The molecule has 2 aromatic rings. The molecule has 0 aromatic heterocycles. The Kier molecular flexibility index (Phi) is 8.48. The molecule has 1 atom stereocenters. The standard InChI is InChI=1S/C28H34FN5/c1-22(2)28(21-30,24-9-6-5-7-10-24)15-8-16-33-17-19-34(20-18-33)27(31-23(3)4)32-26-13-11-25(29)12-14-26/h5-7,9-14,17-20,22-23H,8,15-16H2,1-4H3,(H,31,32). The lowest BCUT2D eigenvalue weighted by molar-refractivity contribution is 0.338. The van der Waals surface area contributed by atoms with E-state index in [0.29, 0.717) is 5.96 Å². The van der Waals surface area contributed by atoms with E-state index in [1.807, 2.05) is 61.7 Å². The summed E-state index contributed by atoms with van der Waals surface area (Å²) in [5.74, 6) is 0.614. The average molecular weight is 460 g/mol. The first-order valence-electron chi connectivity index (χ1n) is 11.8. The number of nitrogens with zero attached hydrogens (tertiary/aromatic N) is 4. The largest absolute Gasteiger partial charge is 0.351 e. The van der Waals surface area contributed by atoms with Crippen LogP contribution in [0.3, 0.4) is 0 Å². The number of nitriles is 1. The smallest absolute Gasteiger partial charge is 0.207 e. The minimum absolute atomic E-state index is 0.0934. The minimum Gasteiger partial charge on any atom is -0.351 e. The predicted molar refractivity (Wildman–Crippen MR) is 137 cm³/mol. The first kappa shape index (κ1) is 25.0. The molecule has 1 heterocycles. The number of rotatable bonds is 8. The molecule has 0 amide bonds. The fourth-order valence-electron chi connectivity index (χ4n) is 4.07. The maximum Gasteiger partial charge on any atom is 0.207 e. The molecule has 1 unspecified atom stereocenters. The zero-order chi connectivity index (χ0) is 24.6. The number of halogens is 1. The van der Waals surface area contributed by atoms with Crippen LogP contribution < -0.4 is 5.32 Å².